The summed E-state index contributed by atoms with van der Waals surface area (Å²) in [6, 6.07) is 6.20. The molecule has 0 saturated heterocycles. The number of imidazole rings is 1. The van der Waals surface area contributed by atoms with Gasteiger partial charge in [-0.25, -0.2) is 14.6 Å². The topological polar surface area (TPSA) is 177 Å². The number of carboxylic acid groups (broad SMARTS) is 1. The molecule has 1 atom stereocenters. The summed E-state index contributed by atoms with van der Waals surface area (Å²) in [4.78, 5) is 53.4. The van der Waals surface area contributed by atoms with Crippen molar-refractivity contribution >= 4 is 23.0 Å². The largest absolute Gasteiger partial charge is 0.482 e. The Morgan fingerprint density at radius 2 is 1.70 bits per heavy atom. The molecule has 2 heterocycles. The van der Waals surface area contributed by atoms with Gasteiger partial charge in [-0.2, -0.15) is 0 Å². The van der Waals surface area contributed by atoms with Gasteiger partial charge in [0.05, 0.1) is 0 Å². The molecule has 2 aromatic heterocycles. The summed E-state index contributed by atoms with van der Waals surface area (Å²) in [6.45, 7) is 3.71. The van der Waals surface area contributed by atoms with Crippen LogP contribution in [0.2, 0.25) is 0 Å². The van der Waals surface area contributed by atoms with Crippen LogP contribution in [-0.2, 0) is 22.7 Å². The molecule has 1 amide bonds. The number of fused-ring (bicyclic) bond motifs is 1. The number of carboxylic acids is 1. The average Bonchev–Trinajstić information content (AvgIpc) is 3.18. The van der Waals surface area contributed by atoms with Crippen molar-refractivity contribution in [3.8, 4) is 17.1 Å². The lowest BCUT2D eigenvalue weighted by Crippen LogP contribution is -2.42. The van der Waals surface area contributed by atoms with E-state index in [-0.39, 0.29) is 30.1 Å². The molecule has 0 spiro atoms. The number of ether oxygens (including phenoxy) is 1. The smallest absolute Gasteiger partial charge is 0.341 e. The van der Waals surface area contributed by atoms with Crippen molar-refractivity contribution in [1.82, 2.24) is 18.7 Å². The first-order valence-electron chi connectivity index (χ1n) is 10.5. The van der Waals surface area contributed by atoms with Gasteiger partial charge in [0.2, 0.25) is 0 Å². The zero-order chi connectivity index (χ0) is 24.3. The Hall–Kier alpha value is -3.93. The zero-order valence-corrected chi connectivity index (χ0v) is 18.4. The number of aryl methyl sites for hydroxylation is 1. The monoisotopic (exact) mass is 458 g/mol. The van der Waals surface area contributed by atoms with E-state index in [0.29, 0.717) is 24.2 Å². The number of aliphatic carboxylic acids is 1. The Morgan fingerprint density at radius 3 is 2.24 bits per heavy atom. The minimum absolute atomic E-state index is 0.00518. The number of nitrogens with zero attached hydrogens (tertiary/aromatic N) is 4. The number of hydrogen-bond donors (Lipinski definition) is 3. The van der Waals surface area contributed by atoms with Crippen molar-refractivity contribution in [2.45, 2.75) is 45.9 Å². The standard InChI is InChI=1S/C21H26N6O6/c1-3-9-25-19-15(20(31)26(10-4-2)21(25)32)24-18(27(19)16(22)17(23)30)12-5-7-13(8-6-12)33-11-14(28)29/h5-8,16H,3-4,9-11,22H2,1-2H3,(H2,23,30)(H,28,29). The van der Waals surface area contributed by atoms with Gasteiger partial charge >= 0.3 is 11.7 Å². The van der Waals surface area contributed by atoms with Crippen LogP contribution < -0.4 is 27.5 Å². The number of benzene rings is 1. The van der Waals surface area contributed by atoms with Crippen molar-refractivity contribution in [3.63, 3.8) is 0 Å². The van der Waals surface area contributed by atoms with Crippen LogP contribution in [0.1, 0.15) is 32.9 Å². The maximum absolute atomic E-state index is 13.1. The molecule has 0 aliphatic rings. The van der Waals surface area contributed by atoms with E-state index in [0.717, 1.165) is 4.57 Å². The molecule has 12 heteroatoms. The molecule has 3 aromatic rings. The Morgan fingerprint density at radius 1 is 1.09 bits per heavy atom. The fraction of sp³-hybridized carbons (Fsp3) is 0.381. The van der Waals surface area contributed by atoms with Crippen molar-refractivity contribution < 1.29 is 19.4 Å². The molecule has 0 radical (unpaired) electrons. The van der Waals surface area contributed by atoms with Gasteiger partial charge in [0.15, 0.2) is 23.9 Å². The van der Waals surface area contributed by atoms with E-state index in [1.807, 2.05) is 13.8 Å². The molecule has 0 aliphatic carbocycles. The van der Waals surface area contributed by atoms with Crippen molar-refractivity contribution in [2.24, 2.45) is 11.5 Å². The SMILES string of the molecule is CCCn1c(=O)c2nc(-c3ccc(OCC(=O)O)cc3)n(C(N)C(N)=O)c2n(CCC)c1=O. The van der Waals surface area contributed by atoms with Crippen molar-refractivity contribution in [2.75, 3.05) is 6.61 Å². The number of carbonyl (C=O) groups is 2. The molecule has 12 nitrogen and oxygen atoms in total. The first-order chi connectivity index (χ1) is 15.7. The number of hydrogen-bond acceptors (Lipinski definition) is 7. The first kappa shape index (κ1) is 23.7. The number of aromatic nitrogens is 4. The van der Waals surface area contributed by atoms with Gasteiger partial charge in [0.1, 0.15) is 11.6 Å². The van der Waals surface area contributed by atoms with Crippen LogP contribution in [0.3, 0.4) is 0 Å². The summed E-state index contributed by atoms with van der Waals surface area (Å²) in [5, 5.41) is 8.76. The summed E-state index contributed by atoms with van der Waals surface area (Å²) in [7, 11) is 0. The predicted molar refractivity (Wildman–Crippen MR) is 120 cm³/mol. The summed E-state index contributed by atoms with van der Waals surface area (Å²) < 4.78 is 8.94. The first-order valence-corrected chi connectivity index (χ1v) is 10.5. The van der Waals surface area contributed by atoms with Crippen LogP contribution in [0.15, 0.2) is 33.9 Å². The van der Waals surface area contributed by atoms with E-state index >= 15 is 0 Å². The zero-order valence-electron chi connectivity index (χ0n) is 18.4. The number of primary amides is 1. The fourth-order valence-corrected chi connectivity index (χ4v) is 3.56. The minimum atomic E-state index is -1.39. The molecule has 0 saturated carbocycles. The summed E-state index contributed by atoms with van der Waals surface area (Å²) in [6.07, 6.45) is -0.239. The van der Waals surface area contributed by atoms with Gasteiger partial charge in [-0.1, -0.05) is 13.8 Å². The van der Waals surface area contributed by atoms with E-state index in [4.69, 9.17) is 21.3 Å². The summed E-state index contributed by atoms with van der Waals surface area (Å²) >= 11 is 0. The molecule has 0 bridgehead atoms. The highest BCUT2D eigenvalue weighted by Crippen LogP contribution is 2.27. The molecule has 5 N–H and O–H groups in total. The summed E-state index contributed by atoms with van der Waals surface area (Å²) in [5.41, 5.74) is 11.0. The van der Waals surface area contributed by atoms with E-state index in [9.17, 15) is 19.2 Å². The Kier molecular flexibility index (Phi) is 6.97. The number of carbonyl (C=O) groups excluding carboxylic acids is 1. The second-order valence-corrected chi connectivity index (χ2v) is 7.42. The highest BCUT2D eigenvalue weighted by atomic mass is 16.5. The quantitative estimate of drug-likeness (QED) is 0.387. The Labute approximate surface area is 188 Å². The molecule has 1 unspecified atom stereocenters. The van der Waals surface area contributed by atoms with Crippen LogP contribution in [0.4, 0.5) is 0 Å². The molecule has 3 rings (SSSR count). The van der Waals surface area contributed by atoms with E-state index in [2.05, 4.69) is 4.98 Å². The lowest BCUT2D eigenvalue weighted by atomic mass is 10.2. The number of rotatable bonds is 10. The van der Waals surface area contributed by atoms with Gasteiger partial charge in [-0.05, 0) is 37.1 Å². The third-order valence-electron chi connectivity index (χ3n) is 4.99. The second-order valence-electron chi connectivity index (χ2n) is 7.42. The van der Waals surface area contributed by atoms with Crippen LogP contribution >= 0.6 is 0 Å². The highest BCUT2D eigenvalue weighted by Gasteiger charge is 2.27. The lowest BCUT2D eigenvalue weighted by Gasteiger charge is -2.18. The normalized spacial score (nSPS) is 12.1. The van der Waals surface area contributed by atoms with E-state index in [1.54, 1.807) is 12.1 Å². The Bertz CT molecular complexity index is 1300. The van der Waals surface area contributed by atoms with Gasteiger partial charge in [0.25, 0.3) is 11.5 Å². The Balaban J connectivity index is 2.32. The van der Waals surface area contributed by atoms with Crippen LogP contribution in [-0.4, -0.2) is 42.3 Å². The third kappa shape index (κ3) is 4.51. The second kappa shape index (κ2) is 9.69. The van der Waals surface area contributed by atoms with Gasteiger partial charge in [0, 0.05) is 18.7 Å². The van der Waals surface area contributed by atoms with Gasteiger partial charge < -0.3 is 21.3 Å². The lowest BCUT2D eigenvalue weighted by molar-refractivity contribution is -0.139. The molecular weight excluding hydrogens is 432 g/mol. The highest BCUT2D eigenvalue weighted by molar-refractivity contribution is 5.84. The average molecular weight is 458 g/mol. The molecule has 0 aliphatic heterocycles. The molecule has 0 fully saturated rings. The van der Waals surface area contributed by atoms with Crippen LogP contribution in [0, 0.1) is 0 Å². The molecule has 33 heavy (non-hydrogen) atoms. The van der Waals surface area contributed by atoms with Crippen LogP contribution in [0.5, 0.6) is 5.75 Å². The maximum Gasteiger partial charge on any atom is 0.341 e. The molecular formula is C21H26N6O6. The van der Waals surface area contributed by atoms with Gasteiger partial charge in [-0.3, -0.25) is 23.3 Å². The summed E-state index contributed by atoms with van der Waals surface area (Å²) in [5.74, 6) is -1.52. The molecule has 176 valence electrons. The van der Waals surface area contributed by atoms with E-state index < -0.39 is 35.9 Å². The minimum Gasteiger partial charge on any atom is -0.482 e. The number of amides is 1. The fourth-order valence-electron chi connectivity index (χ4n) is 3.56. The van der Waals surface area contributed by atoms with Crippen molar-refractivity contribution in [1.29, 1.82) is 0 Å². The van der Waals surface area contributed by atoms with E-state index in [1.165, 1.54) is 21.3 Å². The maximum atomic E-state index is 13.1. The third-order valence-corrected chi connectivity index (χ3v) is 4.99. The van der Waals surface area contributed by atoms with Gasteiger partial charge in [-0.15, -0.1) is 0 Å². The molecule has 1 aromatic carbocycles. The number of nitrogens with two attached hydrogens (primary N) is 2. The predicted octanol–water partition coefficient (Wildman–Crippen LogP) is 0.253. The van der Waals surface area contributed by atoms with Crippen molar-refractivity contribution in [3.05, 3.63) is 45.1 Å². The van der Waals surface area contributed by atoms with Crippen LogP contribution in [0.25, 0.3) is 22.6 Å².